The fraction of sp³-hybridized carbons (Fsp3) is 0.333. The van der Waals surface area contributed by atoms with Crippen molar-refractivity contribution < 1.29 is 14.6 Å². The van der Waals surface area contributed by atoms with Gasteiger partial charge in [-0.1, -0.05) is 6.07 Å². The molecule has 0 atom stereocenters. The molecule has 1 N–H and O–H groups in total. The van der Waals surface area contributed by atoms with Crippen molar-refractivity contribution in [1.82, 2.24) is 4.98 Å². The number of pyridine rings is 1. The average molecular weight is 272 g/mol. The number of benzene rings is 1. The van der Waals surface area contributed by atoms with Crippen LogP contribution in [0.25, 0.3) is 10.9 Å². The van der Waals surface area contributed by atoms with Gasteiger partial charge in [0.05, 0.1) is 17.7 Å². The highest BCUT2D eigenvalue weighted by atomic mass is 16.5. The van der Waals surface area contributed by atoms with E-state index in [0.29, 0.717) is 23.1 Å². The molecule has 104 valence electrons. The first kappa shape index (κ1) is 12.9. The number of fused-ring (bicyclic) bond motifs is 1. The molecule has 2 heterocycles. The molecule has 0 saturated carbocycles. The number of carbonyl (C=O) groups is 1. The molecule has 1 aromatic carbocycles. The second kappa shape index (κ2) is 5.46. The van der Waals surface area contributed by atoms with Gasteiger partial charge in [-0.15, -0.1) is 0 Å². The Kier molecular flexibility index (Phi) is 3.52. The summed E-state index contributed by atoms with van der Waals surface area (Å²) in [5.41, 5.74) is 1.01. The summed E-state index contributed by atoms with van der Waals surface area (Å²) >= 11 is 0. The Bertz CT molecular complexity index is 634. The number of hydrogen-bond donors (Lipinski definition) is 1. The SMILES string of the molecule is O=C(O)c1cccc2nc(N3CCCOCC3)ccc12. The number of aromatic nitrogens is 1. The van der Waals surface area contributed by atoms with Gasteiger partial charge in [-0.2, -0.15) is 0 Å². The lowest BCUT2D eigenvalue weighted by atomic mass is 10.1. The highest BCUT2D eigenvalue weighted by Crippen LogP contribution is 2.22. The molecule has 0 spiro atoms. The van der Waals surface area contributed by atoms with Gasteiger partial charge in [0.1, 0.15) is 5.82 Å². The van der Waals surface area contributed by atoms with E-state index in [1.165, 1.54) is 0 Å². The van der Waals surface area contributed by atoms with E-state index in [1.54, 1.807) is 12.1 Å². The van der Waals surface area contributed by atoms with E-state index in [1.807, 2.05) is 18.2 Å². The van der Waals surface area contributed by atoms with E-state index >= 15 is 0 Å². The Balaban J connectivity index is 2.00. The molecule has 5 nitrogen and oxygen atoms in total. The molecule has 0 aliphatic carbocycles. The van der Waals surface area contributed by atoms with Crippen molar-refractivity contribution in [2.45, 2.75) is 6.42 Å². The van der Waals surface area contributed by atoms with Crippen LogP contribution >= 0.6 is 0 Å². The summed E-state index contributed by atoms with van der Waals surface area (Å²) < 4.78 is 5.44. The molecule has 3 rings (SSSR count). The first-order chi connectivity index (χ1) is 9.75. The molecule has 0 radical (unpaired) electrons. The van der Waals surface area contributed by atoms with Crippen molar-refractivity contribution in [1.29, 1.82) is 0 Å². The lowest BCUT2D eigenvalue weighted by Gasteiger charge is -2.21. The number of carboxylic acid groups (broad SMARTS) is 1. The zero-order valence-corrected chi connectivity index (χ0v) is 11.1. The largest absolute Gasteiger partial charge is 0.478 e. The normalized spacial score (nSPS) is 16.1. The average Bonchev–Trinajstić information content (AvgIpc) is 2.75. The summed E-state index contributed by atoms with van der Waals surface area (Å²) in [6, 6.07) is 8.91. The second-order valence-corrected chi connectivity index (χ2v) is 4.80. The van der Waals surface area contributed by atoms with Gasteiger partial charge in [-0.3, -0.25) is 0 Å². The number of rotatable bonds is 2. The van der Waals surface area contributed by atoms with Crippen LogP contribution in [0.1, 0.15) is 16.8 Å². The van der Waals surface area contributed by atoms with E-state index in [0.717, 1.165) is 31.9 Å². The molecule has 1 aliphatic rings. The smallest absolute Gasteiger partial charge is 0.336 e. The van der Waals surface area contributed by atoms with Crippen LogP contribution in [0.2, 0.25) is 0 Å². The fourth-order valence-corrected chi connectivity index (χ4v) is 2.48. The van der Waals surface area contributed by atoms with Crippen LogP contribution in [0.3, 0.4) is 0 Å². The van der Waals surface area contributed by atoms with E-state index in [2.05, 4.69) is 9.88 Å². The van der Waals surface area contributed by atoms with Crippen molar-refractivity contribution in [2.75, 3.05) is 31.2 Å². The quantitative estimate of drug-likeness (QED) is 0.907. The summed E-state index contributed by atoms with van der Waals surface area (Å²) in [6.07, 6.45) is 0.981. The Morgan fingerprint density at radius 3 is 2.95 bits per heavy atom. The standard InChI is InChI=1S/C15H16N2O3/c18-15(19)12-3-1-4-13-11(12)5-6-14(16-13)17-7-2-9-20-10-8-17/h1,3-6H,2,7-10H2,(H,18,19). The second-order valence-electron chi connectivity index (χ2n) is 4.80. The highest BCUT2D eigenvalue weighted by Gasteiger charge is 2.13. The van der Waals surface area contributed by atoms with Gasteiger partial charge >= 0.3 is 5.97 Å². The summed E-state index contributed by atoms with van der Waals surface area (Å²) in [5, 5.41) is 9.86. The molecule has 1 fully saturated rings. The summed E-state index contributed by atoms with van der Waals surface area (Å²) in [5.74, 6) is -0.0427. The minimum absolute atomic E-state index is 0.292. The van der Waals surface area contributed by atoms with Gasteiger partial charge < -0.3 is 14.7 Å². The first-order valence-corrected chi connectivity index (χ1v) is 6.71. The predicted octanol–water partition coefficient (Wildman–Crippen LogP) is 2.16. The van der Waals surface area contributed by atoms with E-state index in [-0.39, 0.29) is 0 Å². The van der Waals surface area contributed by atoms with Crippen molar-refractivity contribution in [3.05, 3.63) is 35.9 Å². The maximum absolute atomic E-state index is 11.2. The summed E-state index contributed by atoms with van der Waals surface area (Å²) in [4.78, 5) is 18.0. The molecule has 0 bridgehead atoms. The molecule has 0 unspecified atom stereocenters. The van der Waals surface area contributed by atoms with Crippen LogP contribution in [-0.4, -0.2) is 42.4 Å². The predicted molar refractivity (Wildman–Crippen MR) is 76.4 cm³/mol. The Labute approximate surface area is 116 Å². The number of anilines is 1. The first-order valence-electron chi connectivity index (χ1n) is 6.71. The topological polar surface area (TPSA) is 62.7 Å². The van der Waals surface area contributed by atoms with Crippen LogP contribution in [0.5, 0.6) is 0 Å². The van der Waals surface area contributed by atoms with Gasteiger partial charge in [0, 0.05) is 25.1 Å². The molecule has 1 aromatic heterocycles. The van der Waals surface area contributed by atoms with Crippen LogP contribution in [0.15, 0.2) is 30.3 Å². The lowest BCUT2D eigenvalue weighted by Crippen LogP contribution is -2.26. The monoisotopic (exact) mass is 272 g/mol. The number of nitrogens with zero attached hydrogens (tertiary/aromatic N) is 2. The third kappa shape index (κ3) is 2.44. The number of aromatic carboxylic acids is 1. The summed E-state index contributed by atoms with van der Waals surface area (Å²) in [6.45, 7) is 3.22. The van der Waals surface area contributed by atoms with Crippen molar-refractivity contribution >= 4 is 22.7 Å². The minimum Gasteiger partial charge on any atom is -0.478 e. The van der Waals surface area contributed by atoms with Gasteiger partial charge in [0.2, 0.25) is 0 Å². The number of carboxylic acids is 1. The van der Waals surface area contributed by atoms with E-state index in [4.69, 9.17) is 4.74 Å². The van der Waals surface area contributed by atoms with Crippen molar-refractivity contribution in [3.63, 3.8) is 0 Å². The molecule has 1 aliphatic heterocycles. The summed E-state index contributed by atoms with van der Waals surface area (Å²) in [7, 11) is 0. The molecule has 2 aromatic rings. The van der Waals surface area contributed by atoms with Crippen molar-refractivity contribution in [3.8, 4) is 0 Å². The lowest BCUT2D eigenvalue weighted by molar-refractivity contribution is 0.0699. The molecular formula is C15H16N2O3. The zero-order chi connectivity index (χ0) is 13.9. The Morgan fingerprint density at radius 2 is 2.10 bits per heavy atom. The molecular weight excluding hydrogens is 256 g/mol. The molecule has 1 saturated heterocycles. The van der Waals surface area contributed by atoms with Crippen LogP contribution in [-0.2, 0) is 4.74 Å². The molecule has 0 amide bonds. The van der Waals surface area contributed by atoms with E-state index < -0.39 is 5.97 Å². The molecule has 5 heteroatoms. The zero-order valence-electron chi connectivity index (χ0n) is 11.1. The van der Waals surface area contributed by atoms with E-state index in [9.17, 15) is 9.90 Å². The fourth-order valence-electron chi connectivity index (χ4n) is 2.48. The van der Waals surface area contributed by atoms with Crippen LogP contribution < -0.4 is 4.90 Å². The van der Waals surface area contributed by atoms with Crippen molar-refractivity contribution in [2.24, 2.45) is 0 Å². The van der Waals surface area contributed by atoms with Gasteiger partial charge in [0.15, 0.2) is 0 Å². The minimum atomic E-state index is -0.923. The number of ether oxygens (including phenoxy) is 1. The Morgan fingerprint density at radius 1 is 1.20 bits per heavy atom. The number of hydrogen-bond acceptors (Lipinski definition) is 4. The third-order valence-electron chi connectivity index (χ3n) is 3.49. The molecule has 20 heavy (non-hydrogen) atoms. The maximum atomic E-state index is 11.2. The third-order valence-corrected chi connectivity index (χ3v) is 3.49. The van der Waals surface area contributed by atoms with Crippen LogP contribution in [0.4, 0.5) is 5.82 Å². The van der Waals surface area contributed by atoms with Gasteiger partial charge in [-0.25, -0.2) is 9.78 Å². The maximum Gasteiger partial charge on any atom is 0.336 e. The highest BCUT2D eigenvalue weighted by molar-refractivity contribution is 6.02. The van der Waals surface area contributed by atoms with Crippen LogP contribution in [0, 0.1) is 0 Å². The Hall–Kier alpha value is -2.14. The van der Waals surface area contributed by atoms with Gasteiger partial charge in [0.25, 0.3) is 0 Å². The van der Waals surface area contributed by atoms with Gasteiger partial charge in [-0.05, 0) is 30.7 Å².